The standard InChI is InChI=1S/C17H18N6O2/c1-2-3-7-17(21-22-17)8-10-19-15(24)11-13-12-16(25)23(20-13)14-6-4-5-9-18-14/h1,4-6,9,12,20H,3,7-8,10-11H2,(H,19,24). The van der Waals surface area contributed by atoms with E-state index in [0.717, 1.165) is 0 Å². The highest BCUT2D eigenvalue weighted by molar-refractivity contribution is 5.78. The number of terminal acetylenes is 1. The predicted molar refractivity (Wildman–Crippen MR) is 91.2 cm³/mol. The van der Waals surface area contributed by atoms with Crippen LogP contribution in [0.15, 0.2) is 45.5 Å². The third-order valence-electron chi connectivity index (χ3n) is 3.90. The number of H-pyrrole nitrogens is 1. The van der Waals surface area contributed by atoms with E-state index in [2.05, 4.69) is 31.5 Å². The lowest BCUT2D eigenvalue weighted by Crippen LogP contribution is -2.29. The Balaban J connectivity index is 1.51. The second-order valence-electron chi connectivity index (χ2n) is 5.81. The Morgan fingerprint density at radius 1 is 1.36 bits per heavy atom. The van der Waals surface area contributed by atoms with E-state index in [9.17, 15) is 9.59 Å². The molecule has 25 heavy (non-hydrogen) atoms. The largest absolute Gasteiger partial charge is 0.356 e. The Kier molecular flexibility index (Phi) is 4.75. The minimum Gasteiger partial charge on any atom is -0.356 e. The van der Waals surface area contributed by atoms with Crippen LogP contribution in [0.1, 0.15) is 25.0 Å². The molecule has 3 heterocycles. The molecule has 1 aliphatic heterocycles. The summed E-state index contributed by atoms with van der Waals surface area (Å²) >= 11 is 0. The number of amides is 1. The zero-order valence-electron chi connectivity index (χ0n) is 13.6. The van der Waals surface area contributed by atoms with Gasteiger partial charge in [-0.1, -0.05) is 6.07 Å². The number of rotatable bonds is 8. The van der Waals surface area contributed by atoms with Crippen molar-refractivity contribution < 1.29 is 4.79 Å². The van der Waals surface area contributed by atoms with E-state index >= 15 is 0 Å². The van der Waals surface area contributed by atoms with Gasteiger partial charge in [0.15, 0.2) is 11.5 Å². The lowest BCUT2D eigenvalue weighted by molar-refractivity contribution is -0.120. The molecule has 3 rings (SSSR count). The molecular weight excluding hydrogens is 320 g/mol. The fourth-order valence-corrected chi connectivity index (χ4v) is 2.50. The van der Waals surface area contributed by atoms with E-state index in [1.165, 1.54) is 10.7 Å². The Morgan fingerprint density at radius 3 is 2.88 bits per heavy atom. The van der Waals surface area contributed by atoms with E-state index in [1.54, 1.807) is 24.4 Å². The average molecular weight is 338 g/mol. The van der Waals surface area contributed by atoms with Crippen LogP contribution in [0.3, 0.4) is 0 Å². The average Bonchev–Trinajstić information content (AvgIpc) is 3.29. The van der Waals surface area contributed by atoms with Gasteiger partial charge in [-0.2, -0.15) is 10.2 Å². The molecule has 0 aromatic carbocycles. The van der Waals surface area contributed by atoms with Gasteiger partial charge in [0, 0.05) is 43.8 Å². The van der Waals surface area contributed by atoms with Crippen LogP contribution in [0.5, 0.6) is 0 Å². The molecule has 0 spiro atoms. The number of pyridine rings is 1. The van der Waals surface area contributed by atoms with Crippen molar-refractivity contribution in [3.63, 3.8) is 0 Å². The van der Waals surface area contributed by atoms with E-state index in [4.69, 9.17) is 6.42 Å². The SMILES string of the molecule is C#CCCC1(CCNC(=O)Cc2cc(=O)n(-c3ccccn3)[nH]2)N=N1. The van der Waals surface area contributed by atoms with Gasteiger partial charge < -0.3 is 5.32 Å². The van der Waals surface area contributed by atoms with Crippen LogP contribution >= 0.6 is 0 Å². The Hall–Kier alpha value is -3.21. The fraction of sp³-hybridized carbons (Fsp3) is 0.353. The summed E-state index contributed by atoms with van der Waals surface area (Å²) in [5, 5.41) is 13.8. The first-order valence-corrected chi connectivity index (χ1v) is 7.98. The van der Waals surface area contributed by atoms with Gasteiger partial charge in [0.05, 0.1) is 6.42 Å². The highest BCUT2D eigenvalue weighted by atomic mass is 16.2. The van der Waals surface area contributed by atoms with Crippen LogP contribution in [-0.4, -0.2) is 32.9 Å². The normalized spacial score (nSPS) is 14.0. The number of carbonyl (C=O) groups excluding carboxylic acids is 1. The molecule has 0 bridgehead atoms. The molecule has 0 fully saturated rings. The summed E-state index contributed by atoms with van der Waals surface area (Å²) in [7, 11) is 0. The molecular formula is C17H18N6O2. The summed E-state index contributed by atoms with van der Waals surface area (Å²) in [5.74, 6) is 2.87. The topological polar surface area (TPSA) is 104 Å². The number of nitrogens with zero attached hydrogens (tertiary/aromatic N) is 4. The van der Waals surface area contributed by atoms with Crippen molar-refractivity contribution in [3.8, 4) is 18.2 Å². The van der Waals surface area contributed by atoms with Crippen molar-refractivity contribution in [2.45, 2.75) is 31.3 Å². The van der Waals surface area contributed by atoms with Crippen molar-refractivity contribution in [2.24, 2.45) is 10.2 Å². The summed E-state index contributed by atoms with van der Waals surface area (Å²) in [4.78, 5) is 28.1. The van der Waals surface area contributed by atoms with Crippen molar-refractivity contribution >= 4 is 5.91 Å². The van der Waals surface area contributed by atoms with E-state index in [0.29, 0.717) is 37.3 Å². The second kappa shape index (κ2) is 7.13. The lowest BCUT2D eigenvalue weighted by atomic mass is 10.0. The van der Waals surface area contributed by atoms with Crippen LogP contribution in [0.4, 0.5) is 0 Å². The zero-order chi connectivity index (χ0) is 17.7. The summed E-state index contributed by atoms with van der Waals surface area (Å²) in [6.45, 7) is 0.460. The van der Waals surface area contributed by atoms with Gasteiger partial charge in [-0.25, -0.2) is 9.67 Å². The summed E-state index contributed by atoms with van der Waals surface area (Å²) in [6, 6.07) is 6.65. The first-order valence-electron chi connectivity index (χ1n) is 7.98. The summed E-state index contributed by atoms with van der Waals surface area (Å²) in [6.07, 6.45) is 8.88. The van der Waals surface area contributed by atoms with Gasteiger partial charge in [0.2, 0.25) is 5.91 Å². The number of hydrogen-bond donors (Lipinski definition) is 2. The van der Waals surface area contributed by atoms with Crippen LogP contribution < -0.4 is 10.9 Å². The maximum Gasteiger partial charge on any atom is 0.272 e. The molecule has 0 saturated heterocycles. The minimum absolute atomic E-state index is 0.0840. The van der Waals surface area contributed by atoms with Gasteiger partial charge in [0.1, 0.15) is 0 Å². The quantitative estimate of drug-likeness (QED) is 0.706. The fourth-order valence-electron chi connectivity index (χ4n) is 2.50. The maximum atomic E-state index is 12.0. The second-order valence-corrected chi connectivity index (χ2v) is 5.81. The molecule has 1 amide bonds. The Labute approximate surface area is 144 Å². The van der Waals surface area contributed by atoms with Gasteiger partial charge >= 0.3 is 0 Å². The van der Waals surface area contributed by atoms with Crippen LogP contribution in [0, 0.1) is 12.3 Å². The highest BCUT2D eigenvalue weighted by Gasteiger charge is 2.38. The smallest absolute Gasteiger partial charge is 0.272 e. The third kappa shape index (κ3) is 4.20. The van der Waals surface area contributed by atoms with Crippen molar-refractivity contribution in [2.75, 3.05) is 6.54 Å². The molecule has 2 N–H and O–H groups in total. The van der Waals surface area contributed by atoms with Gasteiger partial charge in [-0.15, -0.1) is 12.3 Å². The van der Waals surface area contributed by atoms with Crippen molar-refractivity contribution in [3.05, 3.63) is 46.5 Å². The number of carbonyl (C=O) groups is 1. The van der Waals surface area contributed by atoms with Crippen LogP contribution in [0.25, 0.3) is 5.82 Å². The molecule has 0 unspecified atom stereocenters. The molecule has 2 aromatic rings. The molecule has 0 aliphatic carbocycles. The van der Waals surface area contributed by atoms with Crippen molar-refractivity contribution in [1.29, 1.82) is 0 Å². The number of aromatic amines is 1. The predicted octanol–water partition coefficient (Wildman–Crippen LogP) is 1.18. The highest BCUT2D eigenvalue weighted by Crippen LogP contribution is 2.35. The Morgan fingerprint density at radius 2 is 2.20 bits per heavy atom. The van der Waals surface area contributed by atoms with Crippen LogP contribution in [0.2, 0.25) is 0 Å². The molecule has 1 aliphatic rings. The van der Waals surface area contributed by atoms with Gasteiger partial charge in [-0.3, -0.25) is 14.7 Å². The summed E-state index contributed by atoms with van der Waals surface area (Å²) < 4.78 is 1.30. The van der Waals surface area contributed by atoms with Gasteiger partial charge in [-0.05, 0) is 12.1 Å². The third-order valence-corrected chi connectivity index (χ3v) is 3.90. The van der Waals surface area contributed by atoms with Gasteiger partial charge in [0.25, 0.3) is 5.56 Å². The minimum atomic E-state index is -0.406. The molecule has 0 atom stereocenters. The van der Waals surface area contributed by atoms with Crippen molar-refractivity contribution in [1.82, 2.24) is 20.1 Å². The first-order chi connectivity index (χ1) is 12.1. The Bertz CT molecular complexity index is 869. The molecule has 0 radical (unpaired) electrons. The number of aromatic nitrogens is 3. The van der Waals surface area contributed by atoms with E-state index < -0.39 is 5.66 Å². The lowest BCUT2D eigenvalue weighted by Gasteiger charge is -2.09. The molecule has 128 valence electrons. The molecule has 2 aromatic heterocycles. The molecule has 8 heteroatoms. The molecule has 0 saturated carbocycles. The summed E-state index contributed by atoms with van der Waals surface area (Å²) in [5.41, 5.74) is -0.141. The van der Waals surface area contributed by atoms with E-state index in [1.807, 2.05) is 0 Å². The van der Waals surface area contributed by atoms with E-state index in [-0.39, 0.29) is 17.9 Å². The van der Waals surface area contributed by atoms with Crippen LogP contribution in [-0.2, 0) is 11.2 Å². The number of nitrogens with one attached hydrogen (secondary N) is 2. The zero-order valence-corrected chi connectivity index (χ0v) is 13.6. The monoisotopic (exact) mass is 338 g/mol. The maximum absolute atomic E-state index is 12.0. The first kappa shape index (κ1) is 16.6. The molecule has 8 nitrogen and oxygen atoms in total. The number of hydrogen-bond acceptors (Lipinski definition) is 5.